The number of likely N-dealkylation sites (tertiary alicyclic amines) is 1. The first-order valence-corrected chi connectivity index (χ1v) is 9.54. The van der Waals surface area contributed by atoms with Crippen LogP contribution in [-0.4, -0.2) is 34.5 Å². The Balaban J connectivity index is 1.34. The Morgan fingerprint density at radius 1 is 1.11 bits per heavy atom. The van der Waals surface area contributed by atoms with E-state index in [9.17, 15) is 4.79 Å². The minimum Gasteiger partial charge on any atom is -0.487 e. The zero-order valence-corrected chi connectivity index (χ0v) is 15.2. The highest BCUT2D eigenvalue weighted by atomic mass is 16.5. The van der Waals surface area contributed by atoms with Crippen molar-refractivity contribution in [3.8, 4) is 5.75 Å². The van der Waals surface area contributed by atoms with E-state index >= 15 is 0 Å². The van der Waals surface area contributed by atoms with Gasteiger partial charge in [0.15, 0.2) is 0 Å². The number of hydrogen-bond donors (Lipinski definition) is 2. The van der Waals surface area contributed by atoms with Gasteiger partial charge in [0, 0.05) is 61.1 Å². The number of piperidine rings is 1. The quantitative estimate of drug-likeness (QED) is 0.695. The van der Waals surface area contributed by atoms with Gasteiger partial charge in [0.1, 0.15) is 11.4 Å². The van der Waals surface area contributed by atoms with E-state index in [-0.39, 0.29) is 17.6 Å². The molecule has 2 aromatic carbocycles. The van der Waals surface area contributed by atoms with Gasteiger partial charge in [-0.2, -0.15) is 0 Å². The second kappa shape index (κ2) is 6.13. The van der Waals surface area contributed by atoms with Crippen molar-refractivity contribution in [1.29, 1.82) is 0 Å². The first-order valence-electron chi connectivity index (χ1n) is 9.54. The molecule has 0 saturated carbocycles. The molecule has 2 aliphatic rings. The van der Waals surface area contributed by atoms with E-state index in [1.54, 1.807) is 0 Å². The Morgan fingerprint density at radius 2 is 1.85 bits per heavy atom. The molecule has 5 rings (SSSR count). The number of nitrogens with zero attached hydrogens (tertiary/aromatic N) is 1. The molecule has 27 heavy (non-hydrogen) atoms. The lowest BCUT2D eigenvalue weighted by Crippen LogP contribution is -2.52. The monoisotopic (exact) mass is 361 g/mol. The topological polar surface area (TPSA) is 71.3 Å². The molecule has 1 atom stereocenters. The molecule has 1 unspecified atom stereocenters. The zero-order chi connectivity index (χ0) is 18.4. The molecule has 3 heterocycles. The van der Waals surface area contributed by atoms with Crippen molar-refractivity contribution >= 4 is 16.8 Å². The van der Waals surface area contributed by atoms with Gasteiger partial charge < -0.3 is 20.4 Å². The third-order valence-electron chi connectivity index (χ3n) is 6.02. The number of carbonyl (C=O) groups is 1. The second-order valence-electron chi connectivity index (χ2n) is 7.67. The summed E-state index contributed by atoms with van der Waals surface area (Å²) in [6.07, 6.45) is 4.24. The van der Waals surface area contributed by atoms with Crippen molar-refractivity contribution in [1.82, 2.24) is 9.88 Å². The third kappa shape index (κ3) is 2.70. The van der Waals surface area contributed by atoms with Gasteiger partial charge in [-0.15, -0.1) is 0 Å². The molecule has 1 fully saturated rings. The van der Waals surface area contributed by atoms with Crippen molar-refractivity contribution in [3.63, 3.8) is 0 Å². The maximum absolute atomic E-state index is 13.0. The number of fused-ring (bicyclic) bond motifs is 2. The molecule has 138 valence electrons. The van der Waals surface area contributed by atoms with Gasteiger partial charge in [0.05, 0.1) is 5.56 Å². The number of nitrogens with two attached hydrogens (primary N) is 1. The van der Waals surface area contributed by atoms with E-state index in [1.165, 1.54) is 0 Å². The highest BCUT2D eigenvalue weighted by Gasteiger charge is 2.43. The number of nitrogens with one attached hydrogen (secondary N) is 1. The average Bonchev–Trinajstić information content (AvgIpc) is 3.12. The van der Waals surface area contributed by atoms with Gasteiger partial charge >= 0.3 is 0 Å². The van der Waals surface area contributed by atoms with Gasteiger partial charge in [-0.3, -0.25) is 4.79 Å². The van der Waals surface area contributed by atoms with Crippen LogP contribution in [-0.2, 0) is 0 Å². The van der Waals surface area contributed by atoms with E-state index < -0.39 is 0 Å². The van der Waals surface area contributed by atoms with E-state index in [0.29, 0.717) is 13.1 Å². The number of rotatable bonds is 1. The number of H-pyrrole nitrogens is 1. The van der Waals surface area contributed by atoms with Crippen molar-refractivity contribution < 1.29 is 9.53 Å². The number of benzene rings is 2. The van der Waals surface area contributed by atoms with Crippen LogP contribution < -0.4 is 10.5 Å². The maximum Gasteiger partial charge on any atom is 0.256 e. The molecule has 1 amide bonds. The lowest BCUT2D eigenvalue weighted by molar-refractivity contribution is -0.0174. The van der Waals surface area contributed by atoms with Crippen LogP contribution in [0.4, 0.5) is 0 Å². The minimum absolute atomic E-state index is 0.00850. The van der Waals surface area contributed by atoms with E-state index in [4.69, 9.17) is 10.5 Å². The van der Waals surface area contributed by atoms with Crippen LogP contribution in [0.3, 0.4) is 0 Å². The molecular weight excluding hydrogens is 338 g/mol. The summed E-state index contributed by atoms with van der Waals surface area (Å²) < 4.78 is 6.40. The Kier molecular flexibility index (Phi) is 3.72. The summed E-state index contributed by atoms with van der Waals surface area (Å²) >= 11 is 0. The smallest absolute Gasteiger partial charge is 0.256 e. The van der Waals surface area contributed by atoms with Crippen LogP contribution in [0.5, 0.6) is 5.75 Å². The van der Waals surface area contributed by atoms with E-state index in [2.05, 4.69) is 4.98 Å². The minimum atomic E-state index is -0.259. The van der Waals surface area contributed by atoms with Gasteiger partial charge in [0.2, 0.25) is 0 Å². The normalized spacial score (nSPS) is 21.1. The predicted molar refractivity (Wildman–Crippen MR) is 105 cm³/mol. The zero-order valence-electron chi connectivity index (χ0n) is 15.2. The Morgan fingerprint density at radius 3 is 2.70 bits per heavy atom. The summed E-state index contributed by atoms with van der Waals surface area (Å²) in [5.41, 5.74) is 8.98. The fraction of sp³-hybridized carbons (Fsp3) is 0.318. The lowest BCUT2D eigenvalue weighted by Gasteiger charge is -2.46. The standard InChI is InChI=1S/C22H23N3O2/c23-18-13-22(27-20-8-4-2-6-16(18)20)9-11-25(12-10-22)21(26)17-14-24-19-7-3-1-5-15(17)19/h1-8,14,18,24H,9-13,23H2. The fourth-order valence-electron chi connectivity index (χ4n) is 4.51. The molecule has 1 spiro atoms. The van der Waals surface area contributed by atoms with E-state index in [0.717, 1.165) is 47.0 Å². The molecule has 0 radical (unpaired) electrons. The molecule has 5 nitrogen and oxygen atoms in total. The summed E-state index contributed by atoms with van der Waals surface area (Å²) in [5, 5.41) is 0.979. The first kappa shape index (κ1) is 16.4. The van der Waals surface area contributed by atoms with Gasteiger partial charge in [-0.1, -0.05) is 36.4 Å². The lowest BCUT2D eigenvalue weighted by atomic mass is 9.81. The van der Waals surface area contributed by atoms with Crippen LogP contribution in [0, 0.1) is 0 Å². The molecular formula is C22H23N3O2. The Hall–Kier alpha value is -2.79. The van der Waals surface area contributed by atoms with Crippen LogP contribution in [0.2, 0.25) is 0 Å². The summed E-state index contributed by atoms with van der Waals surface area (Å²) in [6.45, 7) is 1.38. The largest absolute Gasteiger partial charge is 0.487 e. The van der Waals surface area contributed by atoms with Gasteiger partial charge in [-0.05, 0) is 12.1 Å². The molecule has 1 saturated heterocycles. The summed E-state index contributed by atoms with van der Waals surface area (Å²) in [6, 6.07) is 15.9. The summed E-state index contributed by atoms with van der Waals surface area (Å²) in [5.74, 6) is 0.982. The number of para-hydroxylation sites is 2. The number of carbonyl (C=O) groups excluding carboxylic acids is 1. The fourth-order valence-corrected chi connectivity index (χ4v) is 4.51. The summed E-state index contributed by atoms with van der Waals surface area (Å²) in [4.78, 5) is 18.2. The van der Waals surface area contributed by atoms with Crippen LogP contribution in [0.1, 0.15) is 41.2 Å². The predicted octanol–water partition coefficient (Wildman–Crippen LogP) is 3.63. The third-order valence-corrected chi connectivity index (χ3v) is 6.02. The van der Waals surface area contributed by atoms with Gasteiger partial charge in [-0.25, -0.2) is 0 Å². The molecule has 0 aliphatic carbocycles. The Labute approximate surface area is 158 Å². The maximum atomic E-state index is 13.0. The van der Waals surface area contributed by atoms with Crippen molar-refractivity contribution in [2.24, 2.45) is 5.73 Å². The van der Waals surface area contributed by atoms with Crippen LogP contribution in [0.25, 0.3) is 10.9 Å². The molecule has 5 heteroatoms. The van der Waals surface area contributed by atoms with Crippen molar-refractivity contribution in [2.45, 2.75) is 30.9 Å². The number of aromatic nitrogens is 1. The molecule has 0 bridgehead atoms. The molecule has 3 aromatic rings. The molecule has 3 N–H and O–H groups in total. The summed E-state index contributed by atoms with van der Waals surface area (Å²) in [7, 11) is 0. The highest BCUT2D eigenvalue weighted by Crippen LogP contribution is 2.43. The highest BCUT2D eigenvalue weighted by molar-refractivity contribution is 6.06. The SMILES string of the molecule is NC1CC2(CCN(C(=O)c3c[nH]c4ccccc34)CC2)Oc2ccccc21. The number of aromatic amines is 1. The van der Waals surface area contributed by atoms with Crippen LogP contribution in [0.15, 0.2) is 54.7 Å². The number of hydrogen-bond acceptors (Lipinski definition) is 3. The second-order valence-corrected chi connectivity index (χ2v) is 7.67. The van der Waals surface area contributed by atoms with Crippen molar-refractivity contribution in [2.75, 3.05) is 13.1 Å². The number of amides is 1. The Bertz CT molecular complexity index is 1000. The molecule has 2 aliphatic heterocycles. The first-order chi connectivity index (χ1) is 13.2. The van der Waals surface area contributed by atoms with Gasteiger partial charge in [0.25, 0.3) is 5.91 Å². The number of ether oxygens (including phenoxy) is 1. The molecule has 1 aromatic heterocycles. The average molecular weight is 361 g/mol. The van der Waals surface area contributed by atoms with Crippen LogP contribution >= 0.6 is 0 Å². The van der Waals surface area contributed by atoms with Crippen molar-refractivity contribution in [3.05, 3.63) is 65.9 Å². The van der Waals surface area contributed by atoms with E-state index in [1.807, 2.05) is 59.6 Å².